The first-order valence-corrected chi connectivity index (χ1v) is 6.27. The zero-order chi connectivity index (χ0) is 10.9. The van der Waals surface area contributed by atoms with Gasteiger partial charge in [-0.1, -0.05) is 38.0 Å². The van der Waals surface area contributed by atoms with Crippen LogP contribution in [-0.2, 0) is 0 Å². The lowest BCUT2D eigenvalue weighted by atomic mass is 10.1. The molecular formula is C13H16OS. The minimum Gasteiger partial charge on any atom is -0.297 e. The molecule has 0 atom stereocenters. The molecule has 0 saturated carbocycles. The van der Waals surface area contributed by atoms with E-state index in [0.29, 0.717) is 0 Å². The number of hydrogen-bond donors (Lipinski definition) is 0. The molecule has 1 nitrogen and oxygen atoms in total. The van der Waals surface area contributed by atoms with Crippen LogP contribution in [0.1, 0.15) is 54.3 Å². The smallest absolute Gasteiger partial charge is 0.160 e. The van der Waals surface area contributed by atoms with Crippen molar-refractivity contribution in [3.8, 4) is 11.8 Å². The average Bonchev–Trinajstić information content (AvgIpc) is 2.71. The molecule has 1 rings (SSSR count). The number of hydrogen-bond acceptors (Lipinski definition) is 2. The van der Waals surface area contributed by atoms with Gasteiger partial charge < -0.3 is 0 Å². The summed E-state index contributed by atoms with van der Waals surface area (Å²) in [5, 5.41) is 1.93. The SMILES string of the molecule is CCCCCCC#Cc1csc(C=O)c1. The lowest BCUT2D eigenvalue weighted by molar-refractivity contribution is 0.112. The normalized spacial score (nSPS) is 9.40. The summed E-state index contributed by atoms with van der Waals surface area (Å²) >= 11 is 1.45. The molecule has 0 amide bonds. The average molecular weight is 220 g/mol. The first-order valence-electron chi connectivity index (χ1n) is 5.39. The van der Waals surface area contributed by atoms with Crippen molar-refractivity contribution < 1.29 is 4.79 Å². The van der Waals surface area contributed by atoms with E-state index in [9.17, 15) is 4.79 Å². The molecule has 0 aliphatic carbocycles. The number of aldehydes is 1. The van der Waals surface area contributed by atoms with Crippen LogP contribution in [0.15, 0.2) is 11.4 Å². The molecule has 1 aromatic heterocycles. The van der Waals surface area contributed by atoms with Crippen molar-refractivity contribution in [1.29, 1.82) is 0 Å². The Morgan fingerprint density at radius 2 is 2.27 bits per heavy atom. The highest BCUT2D eigenvalue weighted by molar-refractivity contribution is 7.11. The fourth-order valence-electron chi connectivity index (χ4n) is 1.28. The number of rotatable bonds is 5. The van der Waals surface area contributed by atoms with E-state index in [2.05, 4.69) is 18.8 Å². The molecule has 1 heterocycles. The largest absolute Gasteiger partial charge is 0.297 e. The molecule has 80 valence electrons. The summed E-state index contributed by atoms with van der Waals surface area (Å²) < 4.78 is 0. The molecule has 0 saturated heterocycles. The molecule has 0 fully saturated rings. The maximum Gasteiger partial charge on any atom is 0.160 e. The summed E-state index contributed by atoms with van der Waals surface area (Å²) in [7, 11) is 0. The van der Waals surface area contributed by atoms with Crippen molar-refractivity contribution in [1.82, 2.24) is 0 Å². The fraction of sp³-hybridized carbons (Fsp3) is 0.462. The first kappa shape index (κ1) is 12.0. The van der Waals surface area contributed by atoms with Crippen LogP contribution in [0.4, 0.5) is 0 Å². The van der Waals surface area contributed by atoms with Crippen LogP contribution in [0.25, 0.3) is 0 Å². The monoisotopic (exact) mass is 220 g/mol. The second-order valence-electron chi connectivity index (χ2n) is 3.47. The van der Waals surface area contributed by atoms with Crippen LogP contribution >= 0.6 is 11.3 Å². The van der Waals surface area contributed by atoms with Crippen LogP contribution in [0, 0.1) is 11.8 Å². The predicted molar refractivity (Wildman–Crippen MR) is 65.3 cm³/mol. The molecule has 0 N–H and O–H groups in total. The van der Waals surface area contributed by atoms with Gasteiger partial charge in [-0.2, -0.15) is 0 Å². The number of unbranched alkanes of at least 4 members (excludes halogenated alkanes) is 4. The summed E-state index contributed by atoms with van der Waals surface area (Å²) in [6.07, 6.45) is 6.86. The van der Waals surface area contributed by atoms with E-state index >= 15 is 0 Å². The maximum atomic E-state index is 10.4. The number of thiophene rings is 1. The van der Waals surface area contributed by atoms with Crippen molar-refractivity contribution in [3.63, 3.8) is 0 Å². The highest BCUT2D eigenvalue weighted by Crippen LogP contribution is 2.11. The van der Waals surface area contributed by atoms with E-state index < -0.39 is 0 Å². The molecule has 0 unspecified atom stereocenters. The third-order valence-corrected chi connectivity index (χ3v) is 2.98. The van der Waals surface area contributed by atoms with Gasteiger partial charge in [-0.3, -0.25) is 4.79 Å². The quantitative estimate of drug-likeness (QED) is 0.418. The first-order chi connectivity index (χ1) is 7.36. The highest BCUT2D eigenvalue weighted by atomic mass is 32.1. The maximum absolute atomic E-state index is 10.4. The van der Waals surface area contributed by atoms with E-state index in [4.69, 9.17) is 0 Å². The van der Waals surface area contributed by atoms with Gasteiger partial charge in [0.25, 0.3) is 0 Å². The van der Waals surface area contributed by atoms with Crippen LogP contribution in [-0.4, -0.2) is 6.29 Å². The Hall–Kier alpha value is -1.07. The molecule has 0 bridgehead atoms. The Balaban J connectivity index is 2.28. The van der Waals surface area contributed by atoms with Crippen molar-refractivity contribution in [2.24, 2.45) is 0 Å². The van der Waals surface area contributed by atoms with Crippen LogP contribution in [0.2, 0.25) is 0 Å². The van der Waals surface area contributed by atoms with E-state index in [1.165, 1.54) is 37.0 Å². The molecule has 0 aliphatic heterocycles. The van der Waals surface area contributed by atoms with Crippen molar-refractivity contribution >= 4 is 17.6 Å². The summed E-state index contributed by atoms with van der Waals surface area (Å²) in [6, 6.07) is 1.84. The Morgan fingerprint density at radius 1 is 1.40 bits per heavy atom. The van der Waals surface area contributed by atoms with Gasteiger partial charge in [0.2, 0.25) is 0 Å². The third-order valence-electron chi connectivity index (χ3n) is 2.12. The van der Waals surface area contributed by atoms with Gasteiger partial charge >= 0.3 is 0 Å². The van der Waals surface area contributed by atoms with E-state index in [-0.39, 0.29) is 0 Å². The van der Waals surface area contributed by atoms with E-state index in [0.717, 1.165) is 23.1 Å². The molecular weight excluding hydrogens is 204 g/mol. The van der Waals surface area contributed by atoms with Crippen molar-refractivity contribution in [3.05, 3.63) is 21.9 Å². The Kier molecular flexibility index (Phi) is 5.80. The van der Waals surface area contributed by atoms with Crippen molar-refractivity contribution in [2.75, 3.05) is 0 Å². The lowest BCUT2D eigenvalue weighted by Crippen LogP contribution is -1.74. The van der Waals surface area contributed by atoms with Gasteiger partial charge in [0.1, 0.15) is 0 Å². The van der Waals surface area contributed by atoms with E-state index in [1.54, 1.807) is 0 Å². The number of carbonyl (C=O) groups excluding carboxylic acids is 1. The van der Waals surface area contributed by atoms with Crippen LogP contribution in [0.5, 0.6) is 0 Å². The second-order valence-corrected chi connectivity index (χ2v) is 4.41. The fourth-order valence-corrected chi connectivity index (χ4v) is 1.93. The van der Waals surface area contributed by atoms with Crippen LogP contribution in [0.3, 0.4) is 0 Å². The Labute approximate surface area is 95.5 Å². The molecule has 0 aromatic carbocycles. The molecule has 0 aliphatic rings. The highest BCUT2D eigenvalue weighted by Gasteiger charge is 1.93. The summed E-state index contributed by atoms with van der Waals surface area (Å²) in [4.78, 5) is 11.2. The van der Waals surface area contributed by atoms with Crippen molar-refractivity contribution in [2.45, 2.75) is 39.0 Å². The Morgan fingerprint density at radius 3 is 2.93 bits per heavy atom. The summed E-state index contributed by atoms with van der Waals surface area (Å²) in [6.45, 7) is 2.21. The third kappa shape index (κ3) is 4.80. The predicted octanol–water partition coefficient (Wildman–Crippen LogP) is 3.88. The number of carbonyl (C=O) groups is 1. The second kappa shape index (κ2) is 7.25. The zero-order valence-electron chi connectivity index (χ0n) is 9.08. The molecule has 2 heteroatoms. The minimum absolute atomic E-state index is 0.755. The molecule has 0 spiro atoms. The van der Waals surface area contributed by atoms with Crippen LogP contribution < -0.4 is 0 Å². The van der Waals surface area contributed by atoms with Gasteiger partial charge in [0, 0.05) is 17.4 Å². The standard InChI is InChI=1S/C13H16OS/c1-2-3-4-5-6-7-8-12-9-13(10-14)15-11-12/h9-11H,2-6H2,1H3. The van der Waals surface area contributed by atoms with Gasteiger partial charge in [-0.05, 0) is 12.5 Å². The minimum atomic E-state index is 0.755. The summed E-state index contributed by atoms with van der Waals surface area (Å²) in [5.41, 5.74) is 0.970. The zero-order valence-corrected chi connectivity index (χ0v) is 9.90. The van der Waals surface area contributed by atoms with Gasteiger partial charge in [-0.25, -0.2) is 0 Å². The topological polar surface area (TPSA) is 17.1 Å². The Bertz CT molecular complexity index is 354. The van der Waals surface area contributed by atoms with Gasteiger partial charge in [0.05, 0.1) is 4.88 Å². The lowest BCUT2D eigenvalue weighted by Gasteiger charge is -1.91. The summed E-state index contributed by atoms with van der Waals surface area (Å²) in [5.74, 6) is 6.22. The van der Waals surface area contributed by atoms with E-state index in [1.807, 2.05) is 11.4 Å². The molecule has 1 aromatic rings. The molecule has 15 heavy (non-hydrogen) atoms. The van der Waals surface area contributed by atoms with Gasteiger partial charge in [-0.15, -0.1) is 11.3 Å². The molecule has 0 radical (unpaired) electrons. The van der Waals surface area contributed by atoms with Gasteiger partial charge in [0.15, 0.2) is 6.29 Å².